The predicted octanol–water partition coefficient (Wildman–Crippen LogP) is 3.54. The molecule has 1 saturated heterocycles. The number of hydrogen-bond donors (Lipinski definition) is 1. The van der Waals surface area contributed by atoms with E-state index in [9.17, 15) is 4.39 Å². The van der Waals surface area contributed by atoms with Crippen LogP contribution in [0, 0.1) is 5.82 Å². The third-order valence-corrected chi connectivity index (χ3v) is 5.69. The topological polar surface area (TPSA) is 58.3 Å². The third-order valence-electron chi connectivity index (χ3n) is 5.69. The summed E-state index contributed by atoms with van der Waals surface area (Å²) in [5, 5.41) is 0.822. The number of halogens is 1. The van der Waals surface area contributed by atoms with Crippen LogP contribution in [0.4, 0.5) is 10.2 Å². The molecule has 28 heavy (non-hydrogen) atoms. The van der Waals surface area contributed by atoms with Gasteiger partial charge in [0, 0.05) is 18.0 Å². The lowest BCUT2D eigenvalue weighted by molar-refractivity contribution is 0.140. The minimum atomic E-state index is -0.248. The second kappa shape index (κ2) is 7.81. The molecule has 6 heteroatoms. The van der Waals surface area contributed by atoms with Gasteiger partial charge in [-0.1, -0.05) is 12.1 Å². The average Bonchev–Trinajstić information content (AvgIpc) is 2.69. The number of aromatic nitrogens is 2. The fourth-order valence-corrected chi connectivity index (χ4v) is 4.05. The van der Waals surface area contributed by atoms with Gasteiger partial charge in [0.05, 0.1) is 5.52 Å². The van der Waals surface area contributed by atoms with Crippen molar-refractivity contribution >= 4 is 16.7 Å². The number of likely N-dealkylation sites (tertiary alicyclic amines) is 1. The Bertz CT molecular complexity index is 980. The smallest absolute Gasteiger partial charge is 0.134 e. The zero-order valence-corrected chi connectivity index (χ0v) is 16.4. The highest BCUT2D eigenvalue weighted by Gasteiger charge is 2.21. The van der Waals surface area contributed by atoms with E-state index in [4.69, 9.17) is 5.73 Å². The number of fused-ring (bicyclic) bond motifs is 1. The highest BCUT2D eigenvalue weighted by Crippen LogP contribution is 2.30. The molecule has 5 nitrogen and oxygen atoms in total. The van der Waals surface area contributed by atoms with E-state index in [2.05, 4.69) is 39.9 Å². The molecule has 1 aliphatic heterocycles. The van der Waals surface area contributed by atoms with Gasteiger partial charge in [-0.15, -0.1) is 0 Å². The Morgan fingerprint density at radius 1 is 1.11 bits per heavy atom. The largest absolute Gasteiger partial charge is 0.383 e. The van der Waals surface area contributed by atoms with Crippen molar-refractivity contribution in [2.75, 3.05) is 32.9 Å². The second-order valence-electron chi connectivity index (χ2n) is 7.77. The van der Waals surface area contributed by atoms with Gasteiger partial charge < -0.3 is 10.6 Å². The van der Waals surface area contributed by atoms with Crippen LogP contribution in [0.1, 0.15) is 18.4 Å². The van der Waals surface area contributed by atoms with Gasteiger partial charge in [0.1, 0.15) is 18.0 Å². The van der Waals surface area contributed by atoms with E-state index in [1.54, 1.807) is 12.1 Å². The van der Waals surface area contributed by atoms with Gasteiger partial charge in [-0.05, 0) is 81.0 Å². The number of benzene rings is 2. The summed E-state index contributed by atoms with van der Waals surface area (Å²) in [6, 6.07) is 11.4. The lowest BCUT2D eigenvalue weighted by atomic mass is 9.98. The van der Waals surface area contributed by atoms with Crippen LogP contribution < -0.4 is 5.73 Å². The van der Waals surface area contributed by atoms with Crippen LogP contribution in [0.2, 0.25) is 0 Å². The highest BCUT2D eigenvalue weighted by molar-refractivity contribution is 5.93. The fraction of sp³-hybridized carbons (Fsp3) is 0.364. The van der Waals surface area contributed by atoms with Crippen LogP contribution in [-0.2, 0) is 6.54 Å². The molecule has 2 aromatic carbocycles. The molecule has 0 unspecified atom stereocenters. The first-order valence-corrected chi connectivity index (χ1v) is 9.69. The minimum absolute atomic E-state index is 0.248. The Hall–Kier alpha value is -2.57. The molecule has 1 aliphatic rings. The van der Waals surface area contributed by atoms with Gasteiger partial charge in [-0.3, -0.25) is 4.90 Å². The fourth-order valence-electron chi connectivity index (χ4n) is 4.05. The number of anilines is 1. The molecular weight excluding hydrogens is 353 g/mol. The molecule has 2 N–H and O–H groups in total. The van der Waals surface area contributed by atoms with Crippen molar-refractivity contribution in [3.63, 3.8) is 0 Å². The van der Waals surface area contributed by atoms with Crippen molar-refractivity contribution in [1.82, 2.24) is 19.8 Å². The van der Waals surface area contributed by atoms with Crippen molar-refractivity contribution in [2.45, 2.75) is 25.4 Å². The normalized spacial score (nSPS) is 16.1. The van der Waals surface area contributed by atoms with Gasteiger partial charge >= 0.3 is 0 Å². The lowest BCUT2D eigenvalue weighted by Gasteiger charge is -2.35. The Kier molecular flexibility index (Phi) is 5.24. The lowest BCUT2D eigenvalue weighted by Crippen LogP contribution is -2.41. The number of hydrogen-bond acceptors (Lipinski definition) is 5. The van der Waals surface area contributed by atoms with Crippen molar-refractivity contribution in [3.05, 3.63) is 54.1 Å². The molecule has 3 aromatic rings. The maximum atomic E-state index is 13.8. The molecule has 0 saturated carbocycles. The van der Waals surface area contributed by atoms with Crippen molar-refractivity contribution in [2.24, 2.45) is 0 Å². The zero-order valence-electron chi connectivity index (χ0n) is 16.4. The van der Waals surface area contributed by atoms with E-state index in [1.165, 1.54) is 12.4 Å². The summed E-state index contributed by atoms with van der Waals surface area (Å²) in [5.41, 5.74) is 9.89. The Morgan fingerprint density at radius 2 is 1.89 bits per heavy atom. The standard InChI is InChI=1S/C22H26FN5/c1-27(2)19-6-8-28(9-7-19)13-17-10-16(15-4-3-5-18(23)11-15)12-20-21(17)25-14-26-22(20)24/h3-5,10-12,14,19H,6-9,13H2,1-2H3,(H2,24,25,26). The predicted molar refractivity (Wildman–Crippen MR) is 111 cm³/mol. The summed E-state index contributed by atoms with van der Waals surface area (Å²) >= 11 is 0. The van der Waals surface area contributed by atoms with E-state index in [-0.39, 0.29) is 5.82 Å². The molecule has 0 bridgehead atoms. The van der Waals surface area contributed by atoms with E-state index in [0.29, 0.717) is 11.9 Å². The van der Waals surface area contributed by atoms with Crippen molar-refractivity contribution in [1.29, 1.82) is 0 Å². The number of nitrogen functional groups attached to an aromatic ring is 1. The SMILES string of the molecule is CN(C)C1CCN(Cc2cc(-c3cccc(F)c3)cc3c(N)ncnc23)CC1. The minimum Gasteiger partial charge on any atom is -0.383 e. The maximum Gasteiger partial charge on any atom is 0.134 e. The van der Waals surface area contributed by atoms with Crippen LogP contribution in [0.3, 0.4) is 0 Å². The molecule has 1 aromatic heterocycles. The zero-order chi connectivity index (χ0) is 19.7. The molecule has 146 valence electrons. The van der Waals surface area contributed by atoms with E-state index >= 15 is 0 Å². The summed E-state index contributed by atoms with van der Waals surface area (Å²) in [7, 11) is 4.30. The monoisotopic (exact) mass is 379 g/mol. The first kappa shape index (κ1) is 18.8. The van der Waals surface area contributed by atoms with Crippen LogP contribution in [-0.4, -0.2) is 53.0 Å². The summed E-state index contributed by atoms with van der Waals surface area (Å²) in [5.74, 6) is 0.206. The first-order chi connectivity index (χ1) is 13.5. The van der Waals surface area contributed by atoms with Gasteiger partial charge in [0.15, 0.2) is 0 Å². The van der Waals surface area contributed by atoms with Crippen LogP contribution in [0.15, 0.2) is 42.7 Å². The van der Waals surface area contributed by atoms with E-state index in [0.717, 1.165) is 60.1 Å². The van der Waals surface area contributed by atoms with Gasteiger partial charge in [0.2, 0.25) is 0 Å². The third kappa shape index (κ3) is 3.84. The second-order valence-corrected chi connectivity index (χ2v) is 7.77. The van der Waals surface area contributed by atoms with Crippen LogP contribution in [0.25, 0.3) is 22.0 Å². The molecular formula is C22H26FN5. The van der Waals surface area contributed by atoms with Crippen LogP contribution in [0.5, 0.6) is 0 Å². The quantitative estimate of drug-likeness (QED) is 0.751. The molecule has 1 fully saturated rings. The van der Waals surface area contributed by atoms with Gasteiger partial charge in [0.25, 0.3) is 0 Å². The molecule has 2 heterocycles. The molecule has 0 radical (unpaired) electrons. The number of rotatable bonds is 4. The van der Waals surface area contributed by atoms with Crippen molar-refractivity contribution < 1.29 is 4.39 Å². The summed E-state index contributed by atoms with van der Waals surface area (Å²) < 4.78 is 13.8. The van der Waals surface area contributed by atoms with Crippen molar-refractivity contribution in [3.8, 4) is 11.1 Å². The van der Waals surface area contributed by atoms with Gasteiger partial charge in [-0.25, -0.2) is 14.4 Å². The summed E-state index contributed by atoms with van der Waals surface area (Å²) in [6.07, 6.45) is 3.83. The van der Waals surface area contributed by atoms with Crippen LogP contribution >= 0.6 is 0 Å². The maximum absolute atomic E-state index is 13.8. The van der Waals surface area contributed by atoms with E-state index in [1.807, 2.05) is 12.1 Å². The summed E-state index contributed by atoms with van der Waals surface area (Å²) in [4.78, 5) is 13.4. The highest BCUT2D eigenvalue weighted by atomic mass is 19.1. The number of nitrogens with zero attached hydrogens (tertiary/aromatic N) is 4. The number of nitrogens with two attached hydrogens (primary N) is 1. The summed E-state index contributed by atoms with van der Waals surface area (Å²) in [6.45, 7) is 2.90. The average molecular weight is 379 g/mol. The Balaban J connectivity index is 1.70. The first-order valence-electron chi connectivity index (χ1n) is 9.69. The molecule has 4 rings (SSSR count). The molecule has 0 aliphatic carbocycles. The Morgan fingerprint density at radius 3 is 2.61 bits per heavy atom. The Labute approximate surface area is 165 Å². The molecule has 0 amide bonds. The molecule has 0 atom stereocenters. The van der Waals surface area contributed by atoms with Gasteiger partial charge in [-0.2, -0.15) is 0 Å². The number of piperidine rings is 1. The molecule has 0 spiro atoms. The van der Waals surface area contributed by atoms with E-state index < -0.39 is 0 Å².